The van der Waals surface area contributed by atoms with Crippen LogP contribution in [0, 0.1) is 6.07 Å². The molecule has 1 aliphatic rings. The predicted octanol–water partition coefficient (Wildman–Crippen LogP) is -0.516. The summed E-state index contributed by atoms with van der Waals surface area (Å²) < 4.78 is 0. The van der Waals surface area contributed by atoms with Crippen molar-refractivity contribution in [3.05, 3.63) is 35.9 Å². The summed E-state index contributed by atoms with van der Waals surface area (Å²) in [4.78, 5) is 2.58. The number of piperidine rings is 1. The van der Waals surface area contributed by atoms with Crippen LogP contribution in [0.1, 0.15) is 31.7 Å². The fourth-order valence-corrected chi connectivity index (χ4v) is 2.16. The van der Waals surface area contributed by atoms with E-state index in [-0.39, 0.29) is 40.0 Å². The van der Waals surface area contributed by atoms with Crippen LogP contribution in [0.4, 0.5) is 0 Å². The summed E-state index contributed by atoms with van der Waals surface area (Å²) in [5.74, 6) is 0. The zero-order valence-corrected chi connectivity index (χ0v) is 13.0. The molecule has 0 aromatic heterocycles. The minimum Gasteiger partial charge on any atom is -1.00 e. The van der Waals surface area contributed by atoms with Crippen LogP contribution in [-0.2, 0) is 6.54 Å². The van der Waals surface area contributed by atoms with Gasteiger partial charge in [-0.3, -0.25) is 0 Å². The molecule has 0 saturated carbocycles. The summed E-state index contributed by atoms with van der Waals surface area (Å²) in [6.07, 6.45) is 4.12. The summed E-state index contributed by atoms with van der Waals surface area (Å²) in [6.45, 7) is 4.69. The summed E-state index contributed by atoms with van der Waals surface area (Å²) in [5.41, 5.74) is 1.39. The van der Waals surface area contributed by atoms with Crippen LogP contribution in [-0.4, -0.2) is 40.5 Å². The average molecular weight is 293 g/mol. The molecule has 0 aliphatic carbocycles. The molecule has 1 saturated heterocycles. The Hall–Kier alpha value is 0.426. The molecule has 1 aromatic carbocycles. The zero-order chi connectivity index (χ0) is 9.80. The van der Waals surface area contributed by atoms with Gasteiger partial charge in [0.25, 0.3) is 0 Å². The molecule has 1 nitrogen and oxygen atoms in total. The molecule has 0 spiro atoms. The third kappa shape index (κ3) is 4.74. The van der Waals surface area contributed by atoms with Crippen molar-refractivity contribution in [2.24, 2.45) is 0 Å². The van der Waals surface area contributed by atoms with Crippen LogP contribution in [0.25, 0.3) is 0 Å². The first-order chi connectivity index (χ1) is 6.86. The van der Waals surface area contributed by atoms with Gasteiger partial charge in [-0.1, -0.05) is 6.42 Å². The topological polar surface area (TPSA) is 3.24 Å². The number of benzene rings is 1. The summed E-state index contributed by atoms with van der Waals surface area (Å²) in [7, 11) is 0. The van der Waals surface area contributed by atoms with Gasteiger partial charge in [-0.05, 0) is 32.9 Å². The Kier molecular flexibility index (Phi) is 8.73. The largest absolute Gasteiger partial charge is 2.00 e. The summed E-state index contributed by atoms with van der Waals surface area (Å²) in [5, 5.41) is 0. The number of likely N-dealkylation sites (tertiary alicyclic amines) is 1. The second-order valence-electron chi connectivity index (χ2n) is 4.23. The van der Waals surface area contributed by atoms with Crippen molar-refractivity contribution in [1.82, 2.24) is 4.90 Å². The molecule has 1 aromatic rings. The van der Waals surface area contributed by atoms with E-state index in [4.69, 9.17) is 0 Å². The fraction of sp³-hybridized carbons (Fsp3) is 0.538. The maximum Gasteiger partial charge on any atom is 2.00 e. The van der Waals surface area contributed by atoms with Crippen molar-refractivity contribution >= 4 is 23.1 Å². The fourth-order valence-electron chi connectivity index (χ4n) is 2.16. The van der Waals surface area contributed by atoms with E-state index in [2.05, 4.69) is 36.1 Å². The molecule has 0 N–H and O–H groups in total. The van der Waals surface area contributed by atoms with E-state index >= 15 is 0 Å². The molecular formula is C13H18BrMgN. The van der Waals surface area contributed by atoms with Gasteiger partial charge in [0.1, 0.15) is 0 Å². The Morgan fingerprint density at radius 1 is 1.44 bits per heavy atom. The molecule has 1 aliphatic heterocycles. The number of nitrogens with zero attached hydrogens (tertiary/aromatic N) is 1. The van der Waals surface area contributed by atoms with E-state index in [0.717, 1.165) is 12.6 Å². The molecule has 16 heavy (non-hydrogen) atoms. The molecular weight excluding hydrogens is 274 g/mol. The normalized spacial score (nSPS) is 20.7. The van der Waals surface area contributed by atoms with Crippen LogP contribution >= 0.6 is 0 Å². The smallest absolute Gasteiger partial charge is 1.00 e. The number of halogens is 1. The average Bonchev–Trinajstić information content (AvgIpc) is 2.23. The molecule has 0 bridgehead atoms. The molecule has 0 amide bonds. The van der Waals surface area contributed by atoms with Gasteiger partial charge in [0.05, 0.1) is 0 Å². The van der Waals surface area contributed by atoms with Gasteiger partial charge >= 0.3 is 23.1 Å². The van der Waals surface area contributed by atoms with Crippen LogP contribution < -0.4 is 17.0 Å². The quantitative estimate of drug-likeness (QED) is 0.524. The maximum atomic E-state index is 3.14. The first-order valence-corrected chi connectivity index (χ1v) is 5.55. The molecule has 1 atom stereocenters. The number of hydrogen-bond acceptors (Lipinski definition) is 1. The minimum atomic E-state index is 0. The third-order valence-electron chi connectivity index (χ3n) is 3.10. The molecule has 2 rings (SSSR count). The van der Waals surface area contributed by atoms with Crippen molar-refractivity contribution in [3.8, 4) is 0 Å². The Bertz CT molecular complexity index is 279. The molecule has 84 valence electrons. The van der Waals surface area contributed by atoms with E-state index in [0.29, 0.717) is 0 Å². The van der Waals surface area contributed by atoms with Crippen molar-refractivity contribution in [2.75, 3.05) is 6.54 Å². The van der Waals surface area contributed by atoms with E-state index in [1.165, 1.54) is 31.4 Å². The number of hydrogen-bond donors (Lipinski definition) is 0. The van der Waals surface area contributed by atoms with Gasteiger partial charge in [0, 0.05) is 6.04 Å². The van der Waals surface area contributed by atoms with Crippen molar-refractivity contribution < 1.29 is 17.0 Å². The Morgan fingerprint density at radius 2 is 2.25 bits per heavy atom. The van der Waals surface area contributed by atoms with Crippen LogP contribution in [0.3, 0.4) is 0 Å². The standard InChI is InChI=1S/C13H18N.BrH.Mg/c1-12-7-5-6-10-14(12)11-13-8-3-2-4-9-13;;/h2-3,8-9,12H,5-7,10-11H2,1H3;1H;/q-1;;+2/p-1. The van der Waals surface area contributed by atoms with Crippen molar-refractivity contribution in [3.63, 3.8) is 0 Å². The monoisotopic (exact) mass is 291 g/mol. The summed E-state index contributed by atoms with van der Waals surface area (Å²) in [6, 6.07) is 12.2. The van der Waals surface area contributed by atoms with Crippen LogP contribution in [0.5, 0.6) is 0 Å². The van der Waals surface area contributed by atoms with Gasteiger partial charge in [-0.2, -0.15) is 30.3 Å². The van der Waals surface area contributed by atoms with Gasteiger partial charge in [0.2, 0.25) is 0 Å². The third-order valence-corrected chi connectivity index (χ3v) is 3.10. The second kappa shape index (κ2) is 8.51. The van der Waals surface area contributed by atoms with Gasteiger partial charge in [-0.25, -0.2) is 0 Å². The van der Waals surface area contributed by atoms with Crippen LogP contribution in [0.2, 0.25) is 0 Å². The van der Waals surface area contributed by atoms with Crippen LogP contribution in [0.15, 0.2) is 24.3 Å². The SMILES string of the molecule is CC1CCCCN1Cc1c[c-]ccc1.[Br-].[Mg+2]. The van der Waals surface area contributed by atoms with Gasteiger partial charge in [0.15, 0.2) is 0 Å². The first kappa shape index (κ1) is 16.4. The van der Waals surface area contributed by atoms with Gasteiger partial charge in [-0.15, -0.1) is 5.56 Å². The maximum absolute atomic E-state index is 3.14. The van der Waals surface area contributed by atoms with Gasteiger partial charge < -0.3 is 21.9 Å². The molecule has 1 unspecified atom stereocenters. The van der Waals surface area contributed by atoms with E-state index in [1.807, 2.05) is 6.07 Å². The van der Waals surface area contributed by atoms with Crippen molar-refractivity contribution in [2.45, 2.75) is 38.8 Å². The van der Waals surface area contributed by atoms with Crippen molar-refractivity contribution in [1.29, 1.82) is 0 Å². The van der Waals surface area contributed by atoms with E-state index < -0.39 is 0 Å². The van der Waals surface area contributed by atoms with E-state index in [9.17, 15) is 0 Å². The molecule has 0 radical (unpaired) electrons. The predicted molar refractivity (Wildman–Crippen MR) is 64.8 cm³/mol. The number of rotatable bonds is 2. The summed E-state index contributed by atoms with van der Waals surface area (Å²) >= 11 is 0. The Labute approximate surface area is 126 Å². The first-order valence-electron chi connectivity index (χ1n) is 5.55. The zero-order valence-electron chi connectivity index (χ0n) is 9.95. The molecule has 1 heterocycles. The van der Waals surface area contributed by atoms with E-state index in [1.54, 1.807) is 0 Å². The molecule has 3 heteroatoms. The molecule has 1 fully saturated rings. The minimum absolute atomic E-state index is 0. The Morgan fingerprint density at radius 3 is 2.88 bits per heavy atom. The Balaban J connectivity index is 0.00000112. The second-order valence-corrected chi connectivity index (χ2v) is 4.23.